The lowest BCUT2D eigenvalue weighted by atomic mass is 10.1. The van der Waals surface area contributed by atoms with Gasteiger partial charge in [0, 0.05) is 10.8 Å². The van der Waals surface area contributed by atoms with E-state index in [2.05, 4.69) is 5.32 Å². The molecule has 2 heterocycles. The summed E-state index contributed by atoms with van der Waals surface area (Å²) in [6.07, 6.45) is 1.28. The number of hydrazone groups is 1. The van der Waals surface area contributed by atoms with Crippen LogP contribution in [0, 0.1) is 0 Å². The molecule has 8 heteroatoms. The van der Waals surface area contributed by atoms with Crippen LogP contribution in [0.3, 0.4) is 0 Å². The summed E-state index contributed by atoms with van der Waals surface area (Å²) >= 11 is 1.37. The Kier molecular flexibility index (Phi) is 5.75. The molecule has 0 aliphatic carbocycles. The molecule has 1 atom stereocenters. The topological polar surface area (TPSA) is 75.5 Å². The third-order valence-corrected chi connectivity index (χ3v) is 6.01. The summed E-state index contributed by atoms with van der Waals surface area (Å²) < 4.78 is 11.9. The van der Waals surface area contributed by atoms with Gasteiger partial charge < -0.3 is 9.47 Å². The minimum absolute atomic E-state index is 0.212. The van der Waals surface area contributed by atoms with Gasteiger partial charge in [-0.1, -0.05) is 72.4 Å². The summed E-state index contributed by atoms with van der Waals surface area (Å²) in [4.78, 5) is 18.0. The average molecular weight is 459 g/mol. The third-order valence-electron chi connectivity index (χ3n) is 5.44. The molecule has 166 valence electrons. The normalized spacial score (nSPS) is 16.7. The van der Waals surface area contributed by atoms with E-state index < -0.39 is 6.17 Å². The molecular weight excluding hydrogens is 436 g/mol. The summed E-state index contributed by atoms with van der Waals surface area (Å²) in [7, 11) is 1.61. The van der Waals surface area contributed by atoms with Gasteiger partial charge in [-0.2, -0.15) is 0 Å². The van der Waals surface area contributed by atoms with E-state index in [9.17, 15) is 4.79 Å². The third kappa shape index (κ3) is 3.93. The number of amidine groups is 1. The van der Waals surface area contributed by atoms with Crippen LogP contribution in [0.1, 0.15) is 17.3 Å². The van der Waals surface area contributed by atoms with Crippen molar-refractivity contribution >= 4 is 28.5 Å². The number of para-hydroxylation sites is 2. The molecule has 7 nitrogen and oxygen atoms in total. The first-order valence-electron chi connectivity index (χ1n) is 10.4. The first-order chi connectivity index (χ1) is 16.2. The van der Waals surface area contributed by atoms with Crippen LogP contribution >= 0.6 is 11.8 Å². The smallest absolute Gasteiger partial charge is 0.276 e. The number of carbonyl (C=O) groups excluding carboxylic acids is 1. The zero-order valence-corrected chi connectivity index (χ0v) is 19.0. The second-order valence-electron chi connectivity index (χ2n) is 7.43. The number of amides is 1. The van der Waals surface area contributed by atoms with Crippen LogP contribution < -0.4 is 25.4 Å². The van der Waals surface area contributed by atoms with Gasteiger partial charge in [-0.3, -0.25) is 15.1 Å². The van der Waals surface area contributed by atoms with Crippen molar-refractivity contribution in [3.05, 3.63) is 94.5 Å². The molecule has 0 radical (unpaired) electrons. The van der Waals surface area contributed by atoms with Crippen molar-refractivity contribution < 1.29 is 14.3 Å². The summed E-state index contributed by atoms with van der Waals surface area (Å²) in [5.74, 6) is 0.953. The summed E-state index contributed by atoms with van der Waals surface area (Å²) in [5.41, 5.74) is 2.25. The van der Waals surface area contributed by atoms with Gasteiger partial charge in [-0.05, 0) is 24.0 Å². The molecule has 1 amide bonds. The molecule has 0 saturated carbocycles. The zero-order chi connectivity index (χ0) is 22.8. The summed E-state index contributed by atoms with van der Waals surface area (Å²) in [6.45, 7) is 0.369. The Morgan fingerprint density at radius 2 is 1.82 bits per heavy atom. The highest BCUT2D eigenvalue weighted by Crippen LogP contribution is 2.40. The number of benzene rings is 3. The van der Waals surface area contributed by atoms with E-state index in [1.165, 1.54) is 11.8 Å². The molecule has 0 spiro atoms. The average Bonchev–Trinajstić information content (AvgIpc) is 2.87. The molecule has 2 aliphatic rings. The van der Waals surface area contributed by atoms with E-state index in [1.54, 1.807) is 12.1 Å². The predicted molar refractivity (Wildman–Crippen MR) is 128 cm³/mol. The van der Waals surface area contributed by atoms with Gasteiger partial charge in [0.25, 0.3) is 5.91 Å². The van der Waals surface area contributed by atoms with Gasteiger partial charge >= 0.3 is 0 Å². The van der Waals surface area contributed by atoms with Crippen LogP contribution in [0.4, 0.5) is 0 Å². The van der Waals surface area contributed by atoms with E-state index in [4.69, 9.17) is 19.6 Å². The number of nitrogens with one attached hydrogen (secondary N) is 1. The van der Waals surface area contributed by atoms with Crippen molar-refractivity contribution in [3.63, 3.8) is 0 Å². The van der Waals surface area contributed by atoms with Crippen LogP contribution in [-0.2, 0) is 11.4 Å². The number of thioether (sulfide) groups is 1. The zero-order valence-electron chi connectivity index (χ0n) is 18.2. The maximum atomic E-state index is 13.1. The molecule has 0 saturated heterocycles. The van der Waals surface area contributed by atoms with Crippen molar-refractivity contribution in [1.29, 1.82) is 0 Å². The van der Waals surface area contributed by atoms with Gasteiger partial charge in [0.2, 0.25) is 0 Å². The number of fused-ring (bicyclic) bond motifs is 2. The number of rotatable bonds is 5. The van der Waals surface area contributed by atoms with Crippen LogP contribution in [0.2, 0.25) is 0 Å². The van der Waals surface area contributed by atoms with Gasteiger partial charge in [-0.15, -0.1) is 5.10 Å². The molecule has 0 fully saturated rings. The first-order valence-corrected chi connectivity index (χ1v) is 11.7. The second kappa shape index (κ2) is 8.99. The Morgan fingerprint density at radius 1 is 1.03 bits per heavy atom. The molecule has 2 aliphatic heterocycles. The maximum Gasteiger partial charge on any atom is 0.276 e. The molecule has 5 rings (SSSR count). The molecular formula is C25H22N4O3S. The van der Waals surface area contributed by atoms with Crippen LogP contribution in [-0.4, -0.2) is 29.4 Å². The monoisotopic (exact) mass is 458 g/mol. The number of carbonyl (C=O) groups is 1. The molecule has 33 heavy (non-hydrogen) atoms. The van der Waals surface area contributed by atoms with E-state index in [-0.39, 0.29) is 5.91 Å². The van der Waals surface area contributed by atoms with Gasteiger partial charge in [0.15, 0.2) is 22.8 Å². The SMILES string of the molecule is COc1cccc(C2N=c3ccccc3=C3C(=O)NC(SC)=NN32)c1OCc1ccccc1. The molecule has 0 aromatic heterocycles. The number of methoxy groups -OCH3 is 1. The molecule has 3 aromatic rings. The quantitative estimate of drug-likeness (QED) is 0.636. The van der Waals surface area contributed by atoms with E-state index >= 15 is 0 Å². The lowest BCUT2D eigenvalue weighted by Crippen LogP contribution is -2.50. The Bertz CT molecular complexity index is 1360. The van der Waals surface area contributed by atoms with E-state index in [1.807, 2.05) is 79.1 Å². The maximum absolute atomic E-state index is 13.1. The van der Waals surface area contributed by atoms with Crippen LogP contribution in [0.25, 0.3) is 5.70 Å². The van der Waals surface area contributed by atoms with Crippen molar-refractivity contribution in [2.45, 2.75) is 12.8 Å². The predicted octanol–water partition coefficient (Wildman–Crippen LogP) is 2.78. The van der Waals surface area contributed by atoms with Crippen LogP contribution in [0.15, 0.2) is 82.9 Å². The Labute approximate surface area is 195 Å². The van der Waals surface area contributed by atoms with Crippen molar-refractivity contribution in [2.24, 2.45) is 10.1 Å². The summed E-state index contributed by atoms with van der Waals surface area (Å²) in [6, 6.07) is 23.2. The lowest BCUT2D eigenvalue weighted by Gasteiger charge is -2.34. The fourth-order valence-corrected chi connectivity index (χ4v) is 4.27. The molecule has 1 N–H and O–H groups in total. The van der Waals surface area contributed by atoms with Crippen molar-refractivity contribution in [3.8, 4) is 11.5 Å². The minimum Gasteiger partial charge on any atom is -0.493 e. The van der Waals surface area contributed by atoms with Gasteiger partial charge in [0.1, 0.15) is 12.3 Å². The number of ether oxygens (including phenoxy) is 2. The van der Waals surface area contributed by atoms with Gasteiger partial charge in [0.05, 0.1) is 12.5 Å². The standard InChI is InChI=1S/C25H22N4O3S/c1-31-20-14-8-12-18(22(20)32-15-16-9-4-3-5-10-16)23-26-19-13-7-6-11-17(19)21-24(30)27-25(33-2)28-29(21)23/h3-14,23H,15H2,1-2H3,(H,27,28,30). The van der Waals surface area contributed by atoms with E-state index in [0.29, 0.717) is 29.0 Å². The largest absolute Gasteiger partial charge is 0.493 e. The number of hydrogen-bond donors (Lipinski definition) is 1. The highest BCUT2D eigenvalue weighted by atomic mass is 32.2. The Morgan fingerprint density at radius 3 is 2.61 bits per heavy atom. The van der Waals surface area contributed by atoms with Crippen molar-refractivity contribution in [2.75, 3.05) is 13.4 Å². The van der Waals surface area contributed by atoms with Gasteiger partial charge in [-0.25, -0.2) is 5.01 Å². The fraction of sp³-hybridized carbons (Fsp3) is 0.160. The molecule has 0 bridgehead atoms. The lowest BCUT2D eigenvalue weighted by molar-refractivity contribution is -0.116. The van der Waals surface area contributed by atoms with E-state index in [0.717, 1.165) is 21.7 Å². The first kappa shape index (κ1) is 21.1. The Balaban J connectivity index is 1.66. The van der Waals surface area contributed by atoms with Crippen molar-refractivity contribution in [1.82, 2.24) is 10.3 Å². The van der Waals surface area contributed by atoms with Crippen LogP contribution in [0.5, 0.6) is 11.5 Å². The number of hydrogen-bond acceptors (Lipinski definition) is 7. The molecule has 1 unspecified atom stereocenters. The molecule has 3 aromatic carbocycles. The highest BCUT2D eigenvalue weighted by molar-refractivity contribution is 8.13. The summed E-state index contributed by atoms with van der Waals surface area (Å²) in [5, 5.41) is 11.2. The highest BCUT2D eigenvalue weighted by Gasteiger charge is 2.36. The number of nitrogens with zero attached hydrogens (tertiary/aromatic N) is 3. The second-order valence-corrected chi connectivity index (χ2v) is 8.22. The minimum atomic E-state index is -0.594. The fourth-order valence-electron chi connectivity index (χ4n) is 3.90. The Hall–Kier alpha value is -3.78.